The molecule has 18 heavy (non-hydrogen) atoms. The number of Topliss-reactive ketones (excluding diaryl/α,β-unsaturated/α-hetero) is 1. The van der Waals surface area contributed by atoms with Crippen LogP contribution in [0, 0.1) is 0 Å². The summed E-state index contributed by atoms with van der Waals surface area (Å²) in [5.41, 5.74) is 0.745. The molecule has 2 rings (SSSR count). The number of halogens is 2. The quantitative estimate of drug-likeness (QED) is 0.833. The number of rotatable bonds is 5. The van der Waals surface area contributed by atoms with Crippen LogP contribution < -0.4 is 5.32 Å². The molecule has 0 aliphatic rings. The van der Waals surface area contributed by atoms with Crippen LogP contribution in [0.5, 0.6) is 0 Å². The van der Waals surface area contributed by atoms with Crippen molar-refractivity contribution in [3.05, 3.63) is 36.1 Å². The zero-order chi connectivity index (χ0) is 13.1. The summed E-state index contributed by atoms with van der Waals surface area (Å²) in [6, 6.07) is 4.98. The van der Waals surface area contributed by atoms with Gasteiger partial charge in [-0.1, -0.05) is 19.1 Å². The zero-order valence-electron chi connectivity index (χ0n) is 9.82. The number of alkyl halides is 2. The van der Waals surface area contributed by atoms with Gasteiger partial charge >= 0.3 is 0 Å². The van der Waals surface area contributed by atoms with Gasteiger partial charge in [0.15, 0.2) is 5.78 Å². The van der Waals surface area contributed by atoms with Crippen LogP contribution in [-0.4, -0.2) is 24.8 Å². The number of hydrogen-bond donors (Lipinski definition) is 1. The third kappa shape index (κ3) is 2.41. The van der Waals surface area contributed by atoms with E-state index in [9.17, 15) is 13.6 Å². The lowest BCUT2D eigenvalue weighted by atomic mass is 10.0. The lowest BCUT2D eigenvalue weighted by Crippen LogP contribution is -2.42. The average molecular weight is 253 g/mol. The van der Waals surface area contributed by atoms with Crippen molar-refractivity contribution < 1.29 is 18.0 Å². The van der Waals surface area contributed by atoms with Crippen molar-refractivity contribution in [2.75, 3.05) is 6.54 Å². The van der Waals surface area contributed by atoms with E-state index in [0.717, 1.165) is 5.39 Å². The summed E-state index contributed by atoms with van der Waals surface area (Å²) in [6.07, 6.45) is -1.24. The van der Waals surface area contributed by atoms with Gasteiger partial charge in [-0.15, -0.1) is 0 Å². The van der Waals surface area contributed by atoms with Crippen molar-refractivity contribution in [1.29, 1.82) is 0 Å². The molecule has 0 saturated heterocycles. The number of carbonyl (C=O) groups excluding carboxylic acids is 1. The minimum absolute atomic E-state index is 0.226. The van der Waals surface area contributed by atoms with Gasteiger partial charge < -0.3 is 9.73 Å². The number of benzene rings is 1. The number of fused-ring (bicyclic) bond motifs is 1. The fraction of sp³-hybridized carbons (Fsp3) is 0.308. The molecule has 0 amide bonds. The predicted molar refractivity (Wildman–Crippen MR) is 64.0 cm³/mol. The Bertz CT molecular complexity index is 551. The molecule has 5 heteroatoms. The highest BCUT2D eigenvalue weighted by molar-refractivity contribution is 6.02. The summed E-state index contributed by atoms with van der Waals surface area (Å²) in [6.45, 7) is 1.99. The molecule has 0 aliphatic heterocycles. The lowest BCUT2D eigenvalue weighted by Gasteiger charge is -2.15. The highest BCUT2D eigenvalue weighted by Crippen LogP contribution is 2.19. The van der Waals surface area contributed by atoms with Crippen LogP contribution in [0.15, 0.2) is 34.9 Å². The zero-order valence-corrected chi connectivity index (χ0v) is 9.82. The number of ketones is 1. The normalized spacial score (nSPS) is 13.1. The van der Waals surface area contributed by atoms with Gasteiger partial charge in [0.05, 0.1) is 6.26 Å². The van der Waals surface area contributed by atoms with E-state index in [4.69, 9.17) is 4.42 Å². The average Bonchev–Trinajstić information content (AvgIpc) is 2.81. The highest BCUT2D eigenvalue weighted by Gasteiger charge is 2.28. The van der Waals surface area contributed by atoms with E-state index in [1.165, 1.54) is 18.4 Å². The van der Waals surface area contributed by atoms with Crippen molar-refractivity contribution in [3.8, 4) is 0 Å². The van der Waals surface area contributed by atoms with Gasteiger partial charge in [0, 0.05) is 10.9 Å². The Kier molecular flexibility index (Phi) is 3.72. The first-order chi connectivity index (χ1) is 8.63. The van der Waals surface area contributed by atoms with Crippen molar-refractivity contribution >= 4 is 16.8 Å². The second kappa shape index (κ2) is 5.27. The lowest BCUT2D eigenvalue weighted by molar-refractivity contribution is 0.0675. The molecule has 1 N–H and O–H groups in total. The highest BCUT2D eigenvalue weighted by atomic mass is 19.3. The minimum Gasteiger partial charge on any atom is -0.464 e. The van der Waals surface area contributed by atoms with Crippen molar-refractivity contribution in [1.82, 2.24) is 5.32 Å². The smallest absolute Gasteiger partial charge is 0.261 e. The monoisotopic (exact) mass is 253 g/mol. The molecule has 0 aliphatic carbocycles. The van der Waals surface area contributed by atoms with E-state index >= 15 is 0 Å². The molecule has 0 fully saturated rings. The summed E-state index contributed by atoms with van der Waals surface area (Å²) < 4.78 is 30.7. The number of furan rings is 1. The van der Waals surface area contributed by atoms with Gasteiger partial charge in [0.1, 0.15) is 11.6 Å². The van der Waals surface area contributed by atoms with Gasteiger partial charge in [-0.3, -0.25) is 4.79 Å². The van der Waals surface area contributed by atoms with E-state index < -0.39 is 18.3 Å². The Morgan fingerprint density at radius 3 is 2.83 bits per heavy atom. The first kappa shape index (κ1) is 12.7. The van der Waals surface area contributed by atoms with Crippen LogP contribution >= 0.6 is 0 Å². The first-order valence-corrected chi connectivity index (χ1v) is 5.66. The first-order valence-electron chi connectivity index (χ1n) is 5.66. The Morgan fingerprint density at radius 2 is 2.17 bits per heavy atom. The molecule has 2 aromatic rings. The van der Waals surface area contributed by atoms with Crippen molar-refractivity contribution in [3.63, 3.8) is 0 Å². The maximum Gasteiger partial charge on any atom is 0.261 e. The van der Waals surface area contributed by atoms with Gasteiger partial charge in [0.2, 0.25) is 0 Å². The van der Waals surface area contributed by atoms with E-state index in [1.54, 1.807) is 19.1 Å². The Morgan fingerprint density at radius 1 is 1.39 bits per heavy atom. The van der Waals surface area contributed by atoms with Crippen LogP contribution in [-0.2, 0) is 0 Å². The van der Waals surface area contributed by atoms with E-state index in [2.05, 4.69) is 5.32 Å². The number of carbonyl (C=O) groups is 1. The second-order valence-electron chi connectivity index (χ2n) is 3.91. The molecule has 1 unspecified atom stereocenters. The molecular weight excluding hydrogens is 240 g/mol. The summed E-state index contributed by atoms with van der Waals surface area (Å²) >= 11 is 0. The van der Waals surface area contributed by atoms with Gasteiger partial charge in [-0.25, -0.2) is 8.78 Å². The van der Waals surface area contributed by atoms with Gasteiger partial charge in [0.25, 0.3) is 6.43 Å². The third-order valence-electron chi connectivity index (χ3n) is 2.70. The molecular formula is C13H13F2NO2. The molecule has 3 nitrogen and oxygen atoms in total. The molecule has 0 saturated carbocycles. The summed E-state index contributed by atoms with van der Waals surface area (Å²) in [5, 5.41) is 3.33. The van der Waals surface area contributed by atoms with Crippen LogP contribution in [0.4, 0.5) is 8.78 Å². The maximum absolute atomic E-state index is 12.8. The molecule has 1 aromatic carbocycles. The Balaban J connectivity index is 2.30. The van der Waals surface area contributed by atoms with E-state index in [-0.39, 0.29) is 5.56 Å². The largest absolute Gasteiger partial charge is 0.464 e. The Hall–Kier alpha value is -1.75. The molecule has 0 bridgehead atoms. The molecule has 0 spiro atoms. The number of hydrogen-bond acceptors (Lipinski definition) is 3. The number of nitrogens with one attached hydrogen (secondary N) is 1. The van der Waals surface area contributed by atoms with Crippen molar-refractivity contribution in [2.24, 2.45) is 0 Å². The van der Waals surface area contributed by atoms with Crippen LogP contribution in [0.2, 0.25) is 0 Å². The molecule has 0 radical (unpaired) electrons. The maximum atomic E-state index is 12.8. The standard InChI is InChI=1S/C13H13F2NO2/c1-2-16-11(13(14)15)12(17)9-4-3-8-5-6-18-10(8)7-9/h3-7,11,13,16H,2H2,1H3. The van der Waals surface area contributed by atoms with Crippen LogP contribution in [0.1, 0.15) is 17.3 Å². The minimum atomic E-state index is -2.73. The van der Waals surface area contributed by atoms with E-state index in [0.29, 0.717) is 12.1 Å². The summed E-state index contributed by atoms with van der Waals surface area (Å²) in [4.78, 5) is 12.0. The third-order valence-corrected chi connectivity index (χ3v) is 2.70. The summed E-state index contributed by atoms with van der Waals surface area (Å²) in [7, 11) is 0. The predicted octanol–water partition coefficient (Wildman–Crippen LogP) is 2.86. The SMILES string of the molecule is CCNC(C(=O)c1ccc2ccoc2c1)C(F)F. The van der Waals surface area contributed by atoms with Gasteiger partial charge in [-0.05, 0) is 18.7 Å². The summed E-state index contributed by atoms with van der Waals surface area (Å²) in [5.74, 6) is -0.620. The van der Waals surface area contributed by atoms with Crippen LogP contribution in [0.3, 0.4) is 0 Å². The fourth-order valence-electron chi connectivity index (χ4n) is 1.80. The number of likely N-dealkylation sites (N-methyl/N-ethyl adjacent to an activating group) is 1. The molecule has 1 atom stereocenters. The van der Waals surface area contributed by atoms with E-state index in [1.807, 2.05) is 0 Å². The molecule has 96 valence electrons. The molecule has 1 aromatic heterocycles. The second-order valence-corrected chi connectivity index (χ2v) is 3.91. The van der Waals surface area contributed by atoms with Crippen LogP contribution in [0.25, 0.3) is 11.0 Å². The Labute approximate surface area is 103 Å². The fourth-order valence-corrected chi connectivity index (χ4v) is 1.80. The topological polar surface area (TPSA) is 42.2 Å². The van der Waals surface area contributed by atoms with Gasteiger partial charge in [-0.2, -0.15) is 0 Å². The molecule has 1 heterocycles. The van der Waals surface area contributed by atoms with Crippen molar-refractivity contribution in [2.45, 2.75) is 19.4 Å².